The van der Waals surface area contributed by atoms with Crippen molar-refractivity contribution in [3.8, 4) is 0 Å². The maximum Gasteiger partial charge on any atom is 0.273 e. The molecule has 0 bridgehead atoms. The smallest absolute Gasteiger partial charge is 0.273 e. The Bertz CT molecular complexity index is 680. The van der Waals surface area contributed by atoms with Gasteiger partial charge >= 0.3 is 0 Å². The van der Waals surface area contributed by atoms with Crippen LogP contribution in [0.1, 0.15) is 54.0 Å². The zero-order valence-electron chi connectivity index (χ0n) is 12.0. The monoisotopic (exact) mass is 304 g/mol. The summed E-state index contributed by atoms with van der Waals surface area (Å²) in [4.78, 5) is 12.3. The zero-order chi connectivity index (χ0) is 15.0. The van der Waals surface area contributed by atoms with Crippen LogP contribution in [0.5, 0.6) is 0 Å². The summed E-state index contributed by atoms with van der Waals surface area (Å²) in [5.74, 6) is -0.195. The van der Waals surface area contributed by atoms with Crippen molar-refractivity contribution in [1.29, 1.82) is 0 Å². The molecular formula is C15H17ClN4O. The first-order valence-electron chi connectivity index (χ1n) is 7.06. The van der Waals surface area contributed by atoms with Gasteiger partial charge in [0.05, 0.1) is 12.2 Å². The number of nitrogens with zero attached hydrogens (tertiary/aromatic N) is 3. The van der Waals surface area contributed by atoms with Crippen molar-refractivity contribution >= 4 is 17.5 Å². The molecule has 1 aliphatic rings. The summed E-state index contributed by atoms with van der Waals surface area (Å²) in [5, 5.41) is 11.7. The SMILES string of the molecule is CC(C)n1cc(C(=O)NC2CCc3c(Cl)cccc32)nn1. The van der Waals surface area contributed by atoms with Crippen LogP contribution in [0.2, 0.25) is 5.02 Å². The Balaban J connectivity index is 1.76. The Hall–Kier alpha value is -1.88. The number of rotatable bonds is 3. The Morgan fingerprint density at radius 3 is 3.00 bits per heavy atom. The summed E-state index contributed by atoms with van der Waals surface area (Å²) >= 11 is 6.19. The van der Waals surface area contributed by atoms with Gasteiger partial charge in [0.1, 0.15) is 0 Å². The summed E-state index contributed by atoms with van der Waals surface area (Å²) < 4.78 is 1.67. The van der Waals surface area contributed by atoms with Gasteiger partial charge in [-0.05, 0) is 43.9 Å². The fourth-order valence-corrected chi connectivity index (χ4v) is 2.90. The normalized spacial score (nSPS) is 17.0. The van der Waals surface area contributed by atoms with Crippen LogP contribution < -0.4 is 5.32 Å². The van der Waals surface area contributed by atoms with Gasteiger partial charge in [-0.2, -0.15) is 0 Å². The van der Waals surface area contributed by atoms with E-state index >= 15 is 0 Å². The summed E-state index contributed by atoms with van der Waals surface area (Å²) in [5.41, 5.74) is 2.58. The molecule has 0 fully saturated rings. The largest absolute Gasteiger partial charge is 0.344 e. The van der Waals surface area contributed by atoms with Gasteiger partial charge in [-0.1, -0.05) is 28.9 Å². The lowest BCUT2D eigenvalue weighted by Crippen LogP contribution is -2.27. The van der Waals surface area contributed by atoms with Gasteiger partial charge in [-0.25, -0.2) is 4.68 Å². The number of hydrogen-bond donors (Lipinski definition) is 1. The van der Waals surface area contributed by atoms with Crippen LogP contribution in [0, 0.1) is 0 Å². The standard InChI is InChI=1S/C15H17ClN4O/c1-9(2)20-8-14(18-19-20)15(21)17-13-7-6-10-11(13)4-3-5-12(10)16/h3-5,8-9,13H,6-7H2,1-2H3,(H,17,21). The third-order valence-corrected chi connectivity index (χ3v) is 4.14. The highest BCUT2D eigenvalue weighted by atomic mass is 35.5. The van der Waals surface area contributed by atoms with Gasteiger partial charge < -0.3 is 5.32 Å². The molecule has 0 radical (unpaired) electrons. The molecular weight excluding hydrogens is 288 g/mol. The topological polar surface area (TPSA) is 59.8 Å². The molecule has 21 heavy (non-hydrogen) atoms. The van der Waals surface area contributed by atoms with E-state index < -0.39 is 0 Å². The molecule has 1 heterocycles. The number of nitrogens with one attached hydrogen (secondary N) is 1. The van der Waals surface area contributed by atoms with E-state index in [-0.39, 0.29) is 18.0 Å². The Morgan fingerprint density at radius 1 is 1.48 bits per heavy atom. The lowest BCUT2D eigenvalue weighted by Gasteiger charge is -2.13. The van der Waals surface area contributed by atoms with Crippen LogP contribution in [-0.2, 0) is 6.42 Å². The summed E-state index contributed by atoms with van der Waals surface area (Å²) in [6, 6.07) is 6.00. The Labute approximate surface area is 128 Å². The molecule has 1 aromatic carbocycles. The predicted molar refractivity (Wildman–Crippen MR) is 80.4 cm³/mol. The quantitative estimate of drug-likeness (QED) is 0.948. The van der Waals surface area contributed by atoms with E-state index in [0.717, 1.165) is 29.0 Å². The van der Waals surface area contributed by atoms with Gasteiger partial charge in [-0.3, -0.25) is 4.79 Å². The number of aromatic nitrogens is 3. The molecule has 0 aliphatic heterocycles. The van der Waals surface area contributed by atoms with Gasteiger partial charge in [0.15, 0.2) is 5.69 Å². The molecule has 0 saturated heterocycles. The van der Waals surface area contributed by atoms with Crippen LogP contribution in [0.4, 0.5) is 0 Å². The van der Waals surface area contributed by atoms with Crippen LogP contribution in [0.3, 0.4) is 0 Å². The fraction of sp³-hybridized carbons (Fsp3) is 0.400. The van der Waals surface area contributed by atoms with Gasteiger partial charge in [0, 0.05) is 11.1 Å². The highest BCUT2D eigenvalue weighted by Gasteiger charge is 2.26. The predicted octanol–water partition coefficient (Wildman–Crippen LogP) is 2.93. The number of fused-ring (bicyclic) bond motifs is 1. The molecule has 2 aromatic rings. The molecule has 5 nitrogen and oxygen atoms in total. The maximum absolute atomic E-state index is 12.3. The van der Waals surface area contributed by atoms with E-state index in [0.29, 0.717) is 5.69 Å². The summed E-state index contributed by atoms with van der Waals surface area (Å²) in [7, 11) is 0. The van der Waals surface area contributed by atoms with E-state index in [1.54, 1.807) is 10.9 Å². The molecule has 1 atom stereocenters. The first-order chi connectivity index (χ1) is 10.1. The van der Waals surface area contributed by atoms with Crippen LogP contribution in [0.15, 0.2) is 24.4 Å². The number of carbonyl (C=O) groups excluding carboxylic acids is 1. The van der Waals surface area contributed by atoms with E-state index in [1.807, 2.05) is 32.0 Å². The van der Waals surface area contributed by atoms with Crippen LogP contribution in [0.25, 0.3) is 0 Å². The maximum atomic E-state index is 12.3. The van der Waals surface area contributed by atoms with Gasteiger partial charge in [0.25, 0.3) is 5.91 Å². The minimum absolute atomic E-state index is 0.00426. The minimum Gasteiger partial charge on any atom is -0.344 e. The van der Waals surface area contributed by atoms with E-state index in [1.165, 1.54) is 0 Å². The molecule has 6 heteroatoms. The highest BCUT2D eigenvalue weighted by Crippen LogP contribution is 2.35. The number of halogens is 1. The van der Waals surface area contributed by atoms with E-state index in [4.69, 9.17) is 11.6 Å². The van der Waals surface area contributed by atoms with Crippen molar-refractivity contribution in [2.45, 2.75) is 38.8 Å². The molecule has 1 aliphatic carbocycles. The molecule has 110 valence electrons. The average Bonchev–Trinajstić information content (AvgIpc) is 3.07. The van der Waals surface area contributed by atoms with E-state index in [9.17, 15) is 4.79 Å². The third kappa shape index (κ3) is 2.65. The molecule has 1 N–H and O–H groups in total. The van der Waals surface area contributed by atoms with E-state index in [2.05, 4.69) is 15.6 Å². The number of benzene rings is 1. The van der Waals surface area contributed by atoms with Crippen molar-refractivity contribution in [1.82, 2.24) is 20.3 Å². The van der Waals surface area contributed by atoms with Crippen molar-refractivity contribution in [2.75, 3.05) is 0 Å². The Morgan fingerprint density at radius 2 is 2.29 bits per heavy atom. The molecule has 0 spiro atoms. The van der Waals surface area contributed by atoms with Gasteiger partial charge in [0.2, 0.25) is 0 Å². The molecule has 3 rings (SSSR count). The lowest BCUT2D eigenvalue weighted by atomic mass is 10.1. The zero-order valence-corrected chi connectivity index (χ0v) is 12.8. The molecule has 0 saturated carbocycles. The van der Waals surface area contributed by atoms with Gasteiger partial charge in [-0.15, -0.1) is 5.10 Å². The van der Waals surface area contributed by atoms with Crippen LogP contribution >= 0.6 is 11.6 Å². The second-order valence-electron chi connectivity index (χ2n) is 5.55. The second kappa shape index (κ2) is 5.48. The third-order valence-electron chi connectivity index (χ3n) is 3.79. The number of hydrogen-bond acceptors (Lipinski definition) is 3. The average molecular weight is 305 g/mol. The fourth-order valence-electron chi connectivity index (χ4n) is 2.62. The summed E-state index contributed by atoms with van der Waals surface area (Å²) in [6.45, 7) is 3.98. The molecule has 1 amide bonds. The molecule has 1 aromatic heterocycles. The van der Waals surface area contributed by atoms with Crippen molar-refractivity contribution < 1.29 is 4.79 Å². The first-order valence-corrected chi connectivity index (χ1v) is 7.44. The molecule has 1 unspecified atom stereocenters. The lowest BCUT2D eigenvalue weighted by molar-refractivity contribution is 0.0931. The van der Waals surface area contributed by atoms with Crippen molar-refractivity contribution in [3.63, 3.8) is 0 Å². The van der Waals surface area contributed by atoms with Crippen molar-refractivity contribution in [3.05, 3.63) is 46.2 Å². The second-order valence-corrected chi connectivity index (χ2v) is 5.96. The van der Waals surface area contributed by atoms with Crippen molar-refractivity contribution in [2.24, 2.45) is 0 Å². The van der Waals surface area contributed by atoms with Crippen LogP contribution in [-0.4, -0.2) is 20.9 Å². The first kappa shape index (κ1) is 14.1. The minimum atomic E-state index is -0.195. The Kier molecular flexibility index (Phi) is 3.68. The summed E-state index contributed by atoms with van der Waals surface area (Å²) in [6.07, 6.45) is 3.43. The number of amides is 1. The number of carbonyl (C=O) groups is 1. The highest BCUT2D eigenvalue weighted by molar-refractivity contribution is 6.31.